The lowest BCUT2D eigenvalue weighted by Gasteiger charge is -2.02. The van der Waals surface area contributed by atoms with Crippen molar-refractivity contribution in [2.24, 2.45) is 5.92 Å². The fourth-order valence-electron chi connectivity index (χ4n) is 2.51. The molecule has 2 heterocycles. The number of halogens is 1. The van der Waals surface area contributed by atoms with Gasteiger partial charge in [-0.2, -0.15) is 4.98 Å². The molecule has 21 heavy (non-hydrogen) atoms. The summed E-state index contributed by atoms with van der Waals surface area (Å²) in [4.78, 5) is 4.47. The molecule has 2 aromatic rings. The lowest BCUT2D eigenvalue weighted by atomic mass is 10.1. The minimum absolute atomic E-state index is 0. The molecule has 1 aliphatic rings. The lowest BCUT2D eigenvalue weighted by molar-refractivity contribution is 0.354. The van der Waals surface area contributed by atoms with Crippen molar-refractivity contribution in [3.8, 4) is 5.75 Å². The second-order valence-electron chi connectivity index (χ2n) is 5.19. The Morgan fingerprint density at radius 2 is 2.14 bits per heavy atom. The maximum Gasteiger partial charge on any atom is 0.226 e. The Bertz CT molecular complexity index is 550. The molecule has 1 unspecified atom stereocenters. The van der Waals surface area contributed by atoms with E-state index >= 15 is 0 Å². The Balaban J connectivity index is 0.00000161. The fourth-order valence-corrected chi connectivity index (χ4v) is 2.51. The van der Waals surface area contributed by atoms with Crippen LogP contribution >= 0.6 is 12.4 Å². The summed E-state index contributed by atoms with van der Waals surface area (Å²) in [6.07, 6.45) is 2.76. The van der Waals surface area contributed by atoms with Gasteiger partial charge in [0.05, 0.1) is 7.11 Å². The van der Waals surface area contributed by atoms with Gasteiger partial charge in [0.1, 0.15) is 5.75 Å². The van der Waals surface area contributed by atoms with Crippen LogP contribution in [0, 0.1) is 5.92 Å². The predicted octanol–water partition coefficient (Wildman–Crippen LogP) is 2.24. The van der Waals surface area contributed by atoms with E-state index in [2.05, 4.69) is 15.5 Å². The number of nitrogens with zero attached hydrogens (tertiary/aromatic N) is 2. The van der Waals surface area contributed by atoms with E-state index in [1.54, 1.807) is 7.11 Å². The van der Waals surface area contributed by atoms with Gasteiger partial charge in [-0.15, -0.1) is 12.4 Å². The van der Waals surface area contributed by atoms with Crippen LogP contribution < -0.4 is 10.1 Å². The summed E-state index contributed by atoms with van der Waals surface area (Å²) in [7, 11) is 1.67. The molecule has 0 bridgehead atoms. The molecule has 0 spiro atoms. The third-order valence-electron chi connectivity index (χ3n) is 3.66. The standard InChI is InChI=1S/C15H19N3O2.ClH/c1-19-13-4-2-11(3-5-13)8-14-17-15(20-18-14)9-12-6-7-16-10-12;/h2-5,12,16H,6-10H2,1H3;1H. The van der Waals surface area contributed by atoms with Crippen LogP contribution in [-0.4, -0.2) is 30.3 Å². The first-order chi connectivity index (χ1) is 9.83. The van der Waals surface area contributed by atoms with E-state index in [0.29, 0.717) is 12.3 Å². The molecule has 0 saturated carbocycles. The highest BCUT2D eigenvalue weighted by atomic mass is 35.5. The SMILES string of the molecule is COc1ccc(Cc2noc(CC3CCNC3)n2)cc1.Cl. The third-order valence-corrected chi connectivity index (χ3v) is 3.66. The van der Waals surface area contributed by atoms with Crippen LogP contribution in [0.25, 0.3) is 0 Å². The molecule has 1 atom stereocenters. The Morgan fingerprint density at radius 3 is 2.81 bits per heavy atom. The molecule has 3 rings (SSSR count). The van der Waals surface area contributed by atoms with Gasteiger partial charge in [-0.1, -0.05) is 17.3 Å². The van der Waals surface area contributed by atoms with Gasteiger partial charge < -0.3 is 14.6 Å². The van der Waals surface area contributed by atoms with Gasteiger partial charge in [-0.25, -0.2) is 0 Å². The second-order valence-corrected chi connectivity index (χ2v) is 5.19. The lowest BCUT2D eigenvalue weighted by Crippen LogP contribution is -2.10. The summed E-state index contributed by atoms with van der Waals surface area (Å²) in [6.45, 7) is 2.15. The number of aromatic nitrogens is 2. The molecule has 0 aliphatic carbocycles. The topological polar surface area (TPSA) is 60.2 Å². The number of nitrogens with one attached hydrogen (secondary N) is 1. The molecule has 1 N–H and O–H groups in total. The highest BCUT2D eigenvalue weighted by Crippen LogP contribution is 2.16. The van der Waals surface area contributed by atoms with Crippen LogP contribution in [0.3, 0.4) is 0 Å². The molecule has 6 heteroatoms. The molecule has 114 valence electrons. The number of methoxy groups -OCH3 is 1. The Morgan fingerprint density at radius 1 is 1.33 bits per heavy atom. The van der Waals surface area contributed by atoms with Crippen molar-refractivity contribution in [2.45, 2.75) is 19.3 Å². The smallest absolute Gasteiger partial charge is 0.226 e. The Kier molecular flexibility index (Phi) is 5.59. The van der Waals surface area contributed by atoms with E-state index in [1.165, 1.54) is 6.42 Å². The zero-order valence-corrected chi connectivity index (χ0v) is 12.9. The summed E-state index contributed by atoms with van der Waals surface area (Å²) in [6, 6.07) is 7.94. The highest BCUT2D eigenvalue weighted by Gasteiger charge is 2.18. The van der Waals surface area contributed by atoms with Crippen LogP contribution in [0.2, 0.25) is 0 Å². The molecular formula is C15H20ClN3O2. The van der Waals surface area contributed by atoms with E-state index in [4.69, 9.17) is 9.26 Å². The van der Waals surface area contributed by atoms with E-state index in [1.807, 2.05) is 24.3 Å². The number of ether oxygens (including phenoxy) is 1. The third kappa shape index (κ3) is 4.19. The van der Waals surface area contributed by atoms with E-state index < -0.39 is 0 Å². The van der Waals surface area contributed by atoms with Crippen molar-refractivity contribution in [1.29, 1.82) is 0 Å². The van der Waals surface area contributed by atoms with Crippen molar-refractivity contribution < 1.29 is 9.26 Å². The quantitative estimate of drug-likeness (QED) is 0.918. The minimum Gasteiger partial charge on any atom is -0.497 e. The van der Waals surface area contributed by atoms with Crippen LogP contribution in [0.1, 0.15) is 23.7 Å². The normalized spacial score (nSPS) is 17.5. The van der Waals surface area contributed by atoms with Crippen molar-refractivity contribution in [3.63, 3.8) is 0 Å². The van der Waals surface area contributed by atoms with Gasteiger partial charge in [-0.3, -0.25) is 0 Å². The number of hydrogen-bond donors (Lipinski definition) is 1. The zero-order chi connectivity index (χ0) is 13.8. The first-order valence-corrected chi connectivity index (χ1v) is 6.98. The van der Waals surface area contributed by atoms with Crippen LogP contribution in [0.4, 0.5) is 0 Å². The van der Waals surface area contributed by atoms with Gasteiger partial charge in [0.25, 0.3) is 0 Å². The monoisotopic (exact) mass is 309 g/mol. The van der Waals surface area contributed by atoms with Gasteiger partial charge >= 0.3 is 0 Å². The van der Waals surface area contributed by atoms with Crippen LogP contribution in [0.5, 0.6) is 5.75 Å². The Hall–Kier alpha value is -1.59. The maximum absolute atomic E-state index is 5.33. The van der Waals surface area contributed by atoms with Gasteiger partial charge in [-0.05, 0) is 43.1 Å². The average Bonchev–Trinajstić information content (AvgIpc) is 3.12. The number of benzene rings is 1. The van der Waals surface area contributed by atoms with Crippen molar-refractivity contribution in [3.05, 3.63) is 41.5 Å². The minimum atomic E-state index is 0. The average molecular weight is 310 g/mol. The highest BCUT2D eigenvalue weighted by molar-refractivity contribution is 5.85. The number of rotatable bonds is 5. The molecule has 5 nitrogen and oxygen atoms in total. The molecular weight excluding hydrogens is 290 g/mol. The summed E-state index contributed by atoms with van der Waals surface area (Å²) in [5.74, 6) is 2.99. The van der Waals surface area contributed by atoms with E-state index in [0.717, 1.165) is 42.5 Å². The molecule has 0 amide bonds. The van der Waals surface area contributed by atoms with Crippen LogP contribution in [-0.2, 0) is 12.8 Å². The van der Waals surface area contributed by atoms with E-state index in [-0.39, 0.29) is 12.4 Å². The zero-order valence-electron chi connectivity index (χ0n) is 12.0. The first kappa shape index (κ1) is 15.8. The molecule has 1 aromatic heterocycles. The molecule has 0 radical (unpaired) electrons. The van der Waals surface area contributed by atoms with Gasteiger partial charge in [0.15, 0.2) is 5.82 Å². The summed E-state index contributed by atoms with van der Waals surface area (Å²) in [5.41, 5.74) is 1.15. The van der Waals surface area contributed by atoms with Crippen molar-refractivity contribution in [2.75, 3.05) is 20.2 Å². The molecule has 1 saturated heterocycles. The molecule has 1 aliphatic heterocycles. The maximum atomic E-state index is 5.33. The number of hydrogen-bond acceptors (Lipinski definition) is 5. The summed E-state index contributed by atoms with van der Waals surface area (Å²) >= 11 is 0. The fraction of sp³-hybridized carbons (Fsp3) is 0.467. The van der Waals surface area contributed by atoms with Gasteiger partial charge in [0.2, 0.25) is 5.89 Å². The van der Waals surface area contributed by atoms with Gasteiger partial charge in [0, 0.05) is 12.8 Å². The molecule has 1 aromatic carbocycles. The largest absolute Gasteiger partial charge is 0.497 e. The summed E-state index contributed by atoms with van der Waals surface area (Å²) < 4.78 is 10.5. The Labute approximate surface area is 130 Å². The summed E-state index contributed by atoms with van der Waals surface area (Å²) in [5, 5.41) is 7.41. The van der Waals surface area contributed by atoms with Crippen LogP contribution in [0.15, 0.2) is 28.8 Å². The first-order valence-electron chi connectivity index (χ1n) is 6.98. The second kappa shape index (κ2) is 7.43. The van der Waals surface area contributed by atoms with Crippen molar-refractivity contribution >= 4 is 12.4 Å². The molecule has 1 fully saturated rings. The van der Waals surface area contributed by atoms with Crippen molar-refractivity contribution in [1.82, 2.24) is 15.5 Å². The predicted molar refractivity (Wildman–Crippen MR) is 82.0 cm³/mol. The van der Waals surface area contributed by atoms with E-state index in [9.17, 15) is 0 Å².